The molecule has 2 N–H and O–H groups in total. The highest BCUT2D eigenvalue weighted by atomic mass is 16.5. The van der Waals surface area contributed by atoms with Crippen molar-refractivity contribution in [2.75, 3.05) is 13.2 Å². The van der Waals surface area contributed by atoms with Crippen LogP contribution in [0.1, 0.15) is 0 Å². The van der Waals surface area contributed by atoms with Gasteiger partial charge < -0.3 is 20.5 Å². The lowest BCUT2D eigenvalue weighted by Gasteiger charge is -2.29. The van der Waals surface area contributed by atoms with Crippen molar-refractivity contribution in [2.45, 2.75) is 0 Å². The standard InChI is InChI=1S/C12H12N2O4/c15-7-9-1-3-13(17)11(5-9)12-6-10(8-16)2-4-14(12)18/h1-6,15-16H,7-8H2. The highest BCUT2D eigenvalue weighted by Crippen LogP contribution is 2.23. The average Bonchev–Trinajstić information content (AvgIpc) is 2.40. The van der Waals surface area contributed by atoms with Gasteiger partial charge in [-0.15, -0.1) is 0 Å². The fraction of sp³-hybridized carbons (Fsp3) is 0.167. The average molecular weight is 248 g/mol. The third-order valence-electron chi connectivity index (χ3n) is 2.59. The van der Waals surface area contributed by atoms with Gasteiger partial charge in [0.1, 0.15) is 5.70 Å². The van der Waals surface area contributed by atoms with E-state index in [2.05, 4.69) is 0 Å². The van der Waals surface area contributed by atoms with E-state index in [0.29, 0.717) is 21.0 Å². The lowest BCUT2D eigenvalue weighted by atomic mass is 10.1. The Labute approximate surface area is 103 Å². The van der Waals surface area contributed by atoms with Crippen LogP contribution in [0.4, 0.5) is 0 Å². The number of rotatable bonds is 2. The Bertz CT molecular complexity index is 526. The van der Waals surface area contributed by atoms with Crippen molar-refractivity contribution in [1.29, 1.82) is 0 Å². The molecule has 0 unspecified atom stereocenters. The van der Waals surface area contributed by atoms with E-state index in [-0.39, 0.29) is 24.6 Å². The highest BCUT2D eigenvalue weighted by Gasteiger charge is 2.23. The van der Waals surface area contributed by atoms with Crippen molar-refractivity contribution in [2.24, 2.45) is 0 Å². The number of nitroso groups, excluding NO2 is 1. The molecule has 2 aliphatic heterocycles. The number of hydroxylamine groups is 2. The second-order valence-corrected chi connectivity index (χ2v) is 3.81. The summed E-state index contributed by atoms with van der Waals surface area (Å²) < 4.78 is 0.546. The minimum atomic E-state index is -0.216. The van der Waals surface area contributed by atoms with Gasteiger partial charge in [-0.1, -0.05) is 0 Å². The van der Waals surface area contributed by atoms with Crippen molar-refractivity contribution in [3.63, 3.8) is 0 Å². The van der Waals surface area contributed by atoms with E-state index in [1.807, 2.05) is 0 Å². The van der Waals surface area contributed by atoms with Gasteiger partial charge in [0, 0.05) is 17.1 Å². The van der Waals surface area contributed by atoms with Crippen LogP contribution in [0.2, 0.25) is 0 Å². The number of aliphatic hydroxyl groups excluding tert-OH is 2. The molecule has 0 spiro atoms. The summed E-state index contributed by atoms with van der Waals surface area (Å²) in [5.74, 6) is 0. The molecule has 0 radical (unpaired) electrons. The minimum absolute atomic E-state index is 0.131. The molecule has 18 heavy (non-hydrogen) atoms. The Balaban J connectivity index is 2.49. The number of nitrogens with zero attached hydrogens (tertiary/aromatic N) is 2. The number of hydrogen-bond acceptors (Lipinski definition) is 5. The van der Waals surface area contributed by atoms with Crippen LogP contribution in [-0.4, -0.2) is 33.3 Å². The molecule has 0 aromatic heterocycles. The highest BCUT2D eigenvalue weighted by molar-refractivity contribution is 5.42. The van der Waals surface area contributed by atoms with Gasteiger partial charge in [-0.25, -0.2) is 0 Å². The predicted molar refractivity (Wildman–Crippen MR) is 64.5 cm³/mol. The van der Waals surface area contributed by atoms with Crippen molar-refractivity contribution in [3.05, 3.63) is 69.4 Å². The van der Waals surface area contributed by atoms with E-state index in [9.17, 15) is 10.1 Å². The van der Waals surface area contributed by atoms with E-state index in [1.54, 1.807) is 0 Å². The first-order chi connectivity index (χ1) is 8.65. The molecule has 6 nitrogen and oxygen atoms in total. The maximum absolute atomic E-state index is 11.7. The number of aliphatic hydroxyl groups is 2. The molecule has 0 aromatic rings. The second-order valence-electron chi connectivity index (χ2n) is 3.81. The van der Waals surface area contributed by atoms with E-state index >= 15 is 0 Å². The first-order valence-corrected chi connectivity index (χ1v) is 5.32. The summed E-state index contributed by atoms with van der Waals surface area (Å²) in [7, 11) is 0. The molecule has 0 atom stereocenters. The largest absolute Gasteiger partial charge is 0.754 e. The quantitative estimate of drug-likeness (QED) is 0.701. The Morgan fingerprint density at radius 3 is 2.50 bits per heavy atom. The van der Waals surface area contributed by atoms with Crippen LogP contribution in [0.25, 0.3) is 0 Å². The zero-order valence-electron chi connectivity index (χ0n) is 9.48. The van der Waals surface area contributed by atoms with Crippen LogP contribution in [0, 0.1) is 10.1 Å². The normalized spacial score (nSPS) is 23.3. The van der Waals surface area contributed by atoms with Crippen LogP contribution in [0.5, 0.6) is 0 Å². The van der Waals surface area contributed by atoms with Gasteiger partial charge in [0.25, 0.3) is 5.70 Å². The van der Waals surface area contributed by atoms with Crippen LogP contribution in [0.3, 0.4) is 0 Å². The van der Waals surface area contributed by atoms with Gasteiger partial charge in [0.2, 0.25) is 6.20 Å². The molecule has 0 saturated carbocycles. The molecule has 2 heterocycles. The summed E-state index contributed by atoms with van der Waals surface area (Å²) in [5.41, 5.74) is 1.33. The van der Waals surface area contributed by atoms with Crippen LogP contribution in [0.15, 0.2) is 59.2 Å². The van der Waals surface area contributed by atoms with E-state index < -0.39 is 0 Å². The molecule has 2 rings (SSSR count). The maximum atomic E-state index is 11.7. The predicted octanol–water partition coefficient (Wildman–Crippen LogP) is 0.669. The zero-order valence-corrected chi connectivity index (χ0v) is 9.48. The summed E-state index contributed by atoms with van der Waals surface area (Å²) >= 11 is 0. The summed E-state index contributed by atoms with van der Waals surface area (Å²) in [6.45, 7) is -0.432. The monoisotopic (exact) mass is 248 g/mol. The number of allylic oxidation sites excluding steroid dienone is 2. The minimum Gasteiger partial charge on any atom is -0.754 e. The fourth-order valence-electron chi connectivity index (χ4n) is 1.63. The summed E-state index contributed by atoms with van der Waals surface area (Å²) in [6, 6.07) is 0. The molecule has 6 heteroatoms. The Morgan fingerprint density at radius 1 is 1.17 bits per heavy atom. The summed E-state index contributed by atoms with van der Waals surface area (Å²) in [5, 5.41) is 30.3. The molecule has 2 aliphatic rings. The van der Waals surface area contributed by atoms with E-state index in [4.69, 9.17) is 10.2 Å². The lowest BCUT2D eigenvalue weighted by molar-refractivity contribution is -0.421. The van der Waals surface area contributed by atoms with Crippen LogP contribution in [-0.2, 0) is 0 Å². The van der Waals surface area contributed by atoms with E-state index in [1.165, 1.54) is 36.7 Å². The van der Waals surface area contributed by atoms with Gasteiger partial charge in [-0.3, -0.25) is 0 Å². The molecule has 0 bridgehead atoms. The SMILES string of the molecule is O=[N+]1C=CC(CO)=CC1=C1C=C(CO)C=CN1[O-]. The maximum Gasteiger partial charge on any atom is 0.285 e. The topological polar surface area (TPSA) is 86.8 Å². The molecule has 0 amide bonds. The van der Waals surface area contributed by atoms with Gasteiger partial charge >= 0.3 is 0 Å². The summed E-state index contributed by atoms with van der Waals surface area (Å²) in [4.78, 5) is 11.7. The Kier molecular flexibility index (Phi) is 3.52. The van der Waals surface area contributed by atoms with Gasteiger partial charge in [-0.05, 0) is 29.5 Å². The smallest absolute Gasteiger partial charge is 0.285 e. The molecule has 0 aromatic carbocycles. The van der Waals surface area contributed by atoms with Crippen molar-refractivity contribution in [3.8, 4) is 0 Å². The summed E-state index contributed by atoms with van der Waals surface area (Å²) in [6.07, 6.45) is 8.29. The van der Waals surface area contributed by atoms with Crippen molar-refractivity contribution >= 4 is 0 Å². The van der Waals surface area contributed by atoms with E-state index in [0.717, 1.165) is 0 Å². The van der Waals surface area contributed by atoms with Crippen LogP contribution < -0.4 is 0 Å². The molecule has 0 aliphatic carbocycles. The molecular weight excluding hydrogens is 236 g/mol. The fourth-order valence-corrected chi connectivity index (χ4v) is 1.63. The first-order valence-electron chi connectivity index (χ1n) is 5.32. The molecule has 94 valence electrons. The van der Waals surface area contributed by atoms with Gasteiger partial charge in [-0.2, -0.15) is 0 Å². The van der Waals surface area contributed by atoms with Crippen LogP contribution >= 0.6 is 0 Å². The zero-order chi connectivity index (χ0) is 13.1. The van der Waals surface area contributed by atoms with Gasteiger partial charge in [0.05, 0.1) is 18.0 Å². The lowest BCUT2D eigenvalue weighted by Crippen LogP contribution is -2.17. The third kappa shape index (κ3) is 2.30. The molecule has 0 fully saturated rings. The first kappa shape index (κ1) is 12.4. The molecule has 0 saturated heterocycles. The van der Waals surface area contributed by atoms with Crippen molar-refractivity contribution < 1.29 is 15.0 Å². The van der Waals surface area contributed by atoms with Gasteiger partial charge in [0.15, 0.2) is 0 Å². The second kappa shape index (κ2) is 5.09. The van der Waals surface area contributed by atoms with Crippen molar-refractivity contribution in [1.82, 2.24) is 5.06 Å². The third-order valence-corrected chi connectivity index (χ3v) is 2.59. The Morgan fingerprint density at radius 2 is 1.83 bits per heavy atom. The molecular formula is C12H12N2O4. The Hall–Kier alpha value is -2.02. The number of hydrogen-bond donors (Lipinski definition) is 2.